The Labute approximate surface area is 87.6 Å². The fraction of sp³-hybridized carbons (Fsp3) is 0.222. The van der Waals surface area contributed by atoms with Crippen molar-refractivity contribution in [2.24, 2.45) is 5.73 Å². The van der Waals surface area contributed by atoms with Crippen molar-refractivity contribution in [1.82, 2.24) is 0 Å². The molecule has 0 spiro atoms. The molecule has 0 bridgehead atoms. The zero-order valence-corrected chi connectivity index (χ0v) is 8.73. The molecule has 0 aromatic heterocycles. The predicted octanol–water partition coefficient (Wildman–Crippen LogP) is 2.39. The van der Waals surface area contributed by atoms with Gasteiger partial charge in [-0.15, -0.1) is 0 Å². The number of hydrogen-bond donors (Lipinski definition) is 1. The van der Waals surface area contributed by atoms with Crippen LogP contribution in [-0.2, 0) is 0 Å². The number of nitrogens with two attached hydrogens (primary N) is 1. The molecule has 1 atom stereocenters. The number of para-hydroxylation sites is 1. The number of thiocarbonyl (C=S) groups is 1. The van der Waals surface area contributed by atoms with E-state index >= 15 is 0 Å². The quantitative estimate of drug-likeness (QED) is 0.787. The van der Waals surface area contributed by atoms with Crippen molar-refractivity contribution >= 4 is 28.8 Å². The lowest BCUT2D eigenvalue weighted by atomic mass is 10.3. The van der Waals surface area contributed by atoms with Gasteiger partial charge in [0.05, 0.1) is 5.02 Å². The van der Waals surface area contributed by atoms with Gasteiger partial charge in [-0.3, -0.25) is 0 Å². The van der Waals surface area contributed by atoms with Gasteiger partial charge in [0.1, 0.15) is 16.8 Å². The number of hydrogen-bond acceptors (Lipinski definition) is 2. The van der Waals surface area contributed by atoms with Crippen LogP contribution in [0.3, 0.4) is 0 Å². The minimum Gasteiger partial charge on any atom is -0.482 e. The van der Waals surface area contributed by atoms with Gasteiger partial charge in [-0.1, -0.05) is 36.0 Å². The van der Waals surface area contributed by atoms with E-state index in [1.165, 1.54) is 0 Å². The fourth-order valence-electron chi connectivity index (χ4n) is 0.789. The topological polar surface area (TPSA) is 35.2 Å². The molecular formula is C9H10ClNOS. The van der Waals surface area contributed by atoms with E-state index in [2.05, 4.69) is 0 Å². The minimum absolute atomic E-state index is 0.296. The molecule has 70 valence electrons. The number of rotatable bonds is 3. The number of ether oxygens (including phenoxy) is 1. The van der Waals surface area contributed by atoms with E-state index < -0.39 is 0 Å². The average Bonchev–Trinajstić information content (AvgIpc) is 2.08. The van der Waals surface area contributed by atoms with Gasteiger partial charge in [-0.2, -0.15) is 0 Å². The molecule has 4 heteroatoms. The molecule has 1 aromatic rings. The zero-order chi connectivity index (χ0) is 9.84. The molecule has 0 fully saturated rings. The van der Waals surface area contributed by atoms with Gasteiger partial charge in [0.25, 0.3) is 0 Å². The van der Waals surface area contributed by atoms with Crippen molar-refractivity contribution in [2.75, 3.05) is 0 Å². The highest BCUT2D eigenvalue weighted by Gasteiger charge is 2.08. The summed E-state index contributed by atoms with van der Waals surface area (Å²) >= 11 is 10.6. The van der Waals surface area contributed by atoms with Crippen LogP contribution in [0.25, 0.3) is 0 Å². The Balaban J connectivity index is 2.74. The normalized spacial score (nSPS) is 12.2. The summed E-state index contributed by atoms with van der Waals surface area (Å²) in [5.74, 6) is 0.601. The largest absolute Gasteiger partial charge is 0.482 e. The molecule has 13 heavy (non-hydrogen) atoms. The van der Waals surface area contributed by atoms with Gasteiger partial charge in [0.2, 0.25) is 0 Å². The van der Waals surface area contributed by atoms with Crippen LogP contribution >= 0.6 is 23.8 Å². The molecule has 0 amide bonds. The first-order chi connectivity index (χ1) is 6.11. The average molecular weight is 216 g/mol. The highest BCUT2D eigenvalue weighted by molar-refractivity contribution is 7.80. The molecule has 1 unspecified atom stereocenters. The van der Waals surface area contributed by atoms with Crippen molar-refractivity contribution in [3.05, 3.63) is 29.3 Å². The maximum atomic E-state index is 5.86. The monoisotopic (exact) mass is 215 g/mol. The number of benzene rings is 1. The molecule has 0 aliphatic carbocycles. The third-order valence-corrected chi connectivity index (χ3v) is 2.19. The smallest absolute Gasteiger partial charge is 0.145 e. The van der Waals surface area contributed by atoms with Crippen LogP contribution in [0.15, 0.2) is 24.3 Å². The summed E-state index contributed by atoms with van der Waals surface area (Å²) in [6.45, 7) is 1.78. The third-order valence-electron chi connectivity index (χ3n) is 1.54. The van der Waals surface area contributed by atoms with Crippen LogP contribution in [0.2, 0.25) is 5.02 Å². The highest BCUT2D eigenvalue weighted by Crippen LogP contribution is 2.24. The Morgan fingerprint density at radius 3 is 2.69 bits per heavy atom. The van der Waals surface area contributed by atoms with Gasteiger partial charge in [-0.05, 0) is 19.1 Å². The molecule has 0 aliphatic heterocycles. The molecule has 1 aromatic carbocycles. The van der Waals surface area contributed by atoms with E-state index in [1.54, 1.807) is 19.1 Å². The van der Waals surface area contributed by atoms with E-state index in [9.17, 15) is 0 Å². The Hall–Kier alpha value is -0.800. The van der Waals surface area contributed by atoms with Crippen LogP contribution in [0.1, 0.15) is 6.92 Å². The van der Waals surface area contributed by atoms with E-state index in [0.717, 1.165) is 0 Å². The van der Waals surface area contributed by atoms with Crippen LogP contribution in [0.5, 0.6) is 5.75 Å². The summed E-state index contributed by atoms with van der Waals surface area (Å²) in [5.41, 5.74) is 5.40. The first-order valence-electron chi connectivity index (χ1n) is 3.81. The van der Waals surface area contributed by atoms with E-state index in [0.29, 0.717) is 15.8 Å². The molecule has 1 rings (SSSR count). The lowest BCUT2D eigenvalue weighted by molar-refractivity contribution is 0.288. The van der Waals surface area contributed by atoms with Crippen LogP contribution in [0, 0.1) is 0 Å². The Morgan fingerprint density at radius 1 is 1.54 bits per heavy atom. The van der Waals surface area contributed by atoms with Crippen LogP contribution < -0.4 is 10.5 Å². The van der Waals surface area contributed by atoms with Crippen LogP contribution in [0.4, 0.5) is 0 Å². The summed E-state index contributed by atoms with van der Waals surface area (Å²) in [4.78, 5) is 0.319. The van der Waals surface area contributed by atoms with Gasteiger partial charge < -0.3 is 10.5 Å². The minimum atomic E-state index is -0.296. The summed E-state index contributed by atoms with van der Waals surface area (Å²) in [6.07, 6.45) is -0.296. The molecule has 0 aliphatic rings. The van der Waals surface area contributed by atoms with Crippen LogP contribution in [-0.4, -0.2) is 11.1 Å². The standard InChI is InChI=1S/C9H10ClNOS/c1-6(9(11)13)12-8-5-3-2-4-7(8)10/h2-6H,1H3,(H2,11,13). The second-order valence-electron chi connectivity index (χ2n) is 2.59. The van der Waals surface area contributed by atoms with Crippen molar-refractivity contribution in [2.45, 2.75) is 13.0 Å². The molecule has 0 heterocycles. The lowest BCUT2D eigenvalue weighted by Gasteiger charge is -2.13. The van der Waals surface area contributed by atoms with Crippen molar-refractivity contribution in [3.8, 4) is 5.75 Å². The second-order valence-corrected chi connectivity index (χ2v) is 3.47. The van der Waals surface area contributed by atoms with Gasteiger partial charge in [-0.25, -0.2) is 0 Å². The van der Waals surface area contributed by atoms with E-state index in [-0.39, 0.29) is 6.10 Å². The molecule has 0 saturated carbocycles. The van der Waals surface area contributed by atoms with Gasteiger partial charge >= 0.3 is 0 Å². The Morgan fingerprint density at radius 2 is 2.15 bits per heavy atom. The fourth-order valence-corrected chi connectivity index (χ4v) is 1.02. The van der Waals surface area contributed by atoms with Gasteiger partial charge in [0.15, 0.2) is 0 Å². The SMILES string of the molecule is CC(Oc1ccccc1Cl)C(N)=S. The maximum Gasteiger partial charge on any atom is 0.145 e. The first-order valence-corrected chi connectivity index (χ1v) is 4.60. The zero-order valence-electron chi connectivity index (χ0n) is 7.16. The molecule has 0 radical (unpaired) electrons. The second kappa shape index (κ2) is 4.44. The number of halogens is 1. The van der Waals surface area contributed by atoms with Crippen molar-refractivity contribution in [3.63, 3.8) is 0 Å². The van der Waals surface area contributed by atoms with E-state index in [4.69, 9.17) is 34.3 Å². The highest BCUT2D eigenvalue weighted by atomic mass is 35.5. The molecule has 2 N–H and O–H groups in total. The molecule has 0 saturated heterocycles. The predicted molar refractivity (Wildman–Crippen MR) is 58.3 cm³/mol. The van der Waals surface area contributed by atoms with Crippen molar-refractivity contribution in [1.29, 1.82) is 0 Å². The molecule has 2 nitrogen and oxygen atoms in total. The van der Waals surface area contributed by atoms with Crippen molar-refractivity contribution < 1.29 is 4.74 Å². The first kappa shape index (κ1) is 10.3. The third kappa shape index (κ3) is 2.86. The van der Waals surface area contributed by atoms with E-state index in [1.807, 2.05) is 12.1 Å². The summed E-state index contributed by atoms with van der Waals surface area (Å²) in [5, 5.41) is 0.561. The summed E-state index contributed by atoms with van der Waals surface area (Å²) in [7, 11) is 0. The summed E-state index contributed by atoms with van der Waals surface area (Å²) < 4.78 is 5.41. The van der Waals surface area contributed by atoms with Gasteiger partial charge in [0, 0.05) is 0 Å². The Kier molecular flexibility index (Phi) is 3.51. The molecular weight excluding hydrogens is 206 g/mol. The summed E-state index contributed by atoms with van der Waals surface area (Å²) in [6, 6.07) is 7.20. The maximum absolute atomic E-state index is 5.86. The lowest BCUT2D eigenvalue weighted by Crippen LogP contribution is -2.28. The Bertz CT molecular complexity index is 316.